The molecule has 0 heterocycles. The van der Waals surface area contributed by atoms with Gasteiger partial charge in [-0.05, 0) is 51.4 Å². The second-order valence-electron chi connectivity index (χ2n) is 9.01. The number of isocyanates is 6. The van der Waals surface area contributed by atoms with Crippen molar-refractivity contribution in [2.75, 3.05) is 6.54 Å². The van der Waals surface area contributed by atoms with Crippen molar-refractivity contribution in [3.63, 3.8) is 0 Å². The number of hydrogen-bond acceptors (Lipinski definition) is 12. The molecule has 3 atom stereocenters. The van der Waals surface area contributed by atoms with Crippen molar-refractivity contribution >= 4 is 36.5 Å². The van der Waals surface area contributed by atoms with E-state index < -0.39 is 23.8 Å². The van der Waals surface area contributed by atoms with Crippen molar-refractivity contribution in [1.82, 2.24) is 0 Å². The van der Waals surface area contributed by atoms with Gasteiger partial charge in [-0.2, -0.15) is 9.98 Å². The Bertz CT molecular complexity index is 947. The molecule has 0 saturated carbocycles. The molecular weight excluding hydrogens is 492 g/mol. The summed E-state index contributed by atoms with van der Waals surface area (Å²) in [6.45, 7) is 2.35. The van der Waals surface area contributed by atoms with Gasteiger partial charge in [-0.15, -0.1) is 0 Å². The number of hydrogen-bond donors (Lipinski definition) is 0. The van der Waals surface area contributed by atoms with Gasteiger partial charge in [0.25, 0.3) is 0 Å². The average molecular weight is 529 g/mol. The highest BCUT2D eigenvalue weighted by molar-refractivity contribution is 5.39. The lowest BCUT2D eigenvalue weighted by molar-refractivity contribution is 0.330. The number of carbonyl (C=O) groups excluding carboxylic acids is 6. The van der Waals surface area contributed by atoms with E-state index >= 15 is 0 Å². The van der Waals surface area contributed by atoms with Crippen LogP contribution in [0, 0.1) is 0 Å². The Kier molecular flexibility index (Phi) is 21.3. The van der Waals surface area contributed by atoms with Gasteiger partial charge in [-0.3, -0.25) is 0 Å². The van der Waals surface area contributed by atoms with Crippen molar-refractivity contribution < 1.29 is 28.8 Å². The van der Waals surface area contributed by atoms with E-state index in [0.29, 0.717) is 25.7 Å². The molecule has 0 amide bonds. The van der Waals surface area contributed by atoms with Crippen LogP contribution in [0.4, 0.5) is 0 Å². The summed E-state index contributed by atoms with van der Waals surface area (Å²) in [4.78, 5) is 87.9. The second-order valence-corrected chi connectivity index (χ2v) is 9.01. The molecule has 0 fully saturated rings. The SMILES string of the molecule is CCCCCCCCCC(CCC(CC(CC(CCCN=C=O)N=C=O)N=C=O)N=C=O)(N=C=O)N=C=O. The van der Waals surface area contributed by atoms with Crippen LogP contribution in [0.5, 0.6) is 0 Å². The van der Waals surface area contributed by atoms with Crippen molar-refractivity contribution in [2.24, 2.45) is 30.0 Å². The third-order valence-corrected chi connectivity index (χ3v) is 6.23. The van der Waals surface area contributed by atoms with E-state index in [4.69, 9.17) is 0 Å². The standard InChI is InChI=1S/C26H36N6O6/c1-2-3-4-5-6-7-8-12-26(31-21-37,32-22-38)13-11-24(29-19-35)16-25(30-20-36)15-23(28-18-34)10-9-14-27-17-33/h23-25H,2-16H2,1H3. The van der Waals surface area contributed by atoms with E-state index in [1.165, 1.54) is 42.9 Å². The van der Waals surface area contributed by atoms with Gasteiger partial charge in [0.15, 0.2) is 5.66 Å². The van der Waals surface area contributed by atoms with Gasteiger partial charge in [0, 0.05) is 0 Å². The highest BCUT2D eigenvalue weighted by Gasteiger charge is 2.31. The summed E-state index contributed by atoms with van der Waals surface area (Å²) in [6.07, 6.45) is 17.8. The van der Waals surface area contributed by atoms with Crippen LogP contribution in [0.2, 0.25) is 0 Å². The third kappa shape index (κ3) is 16.9. The molecule has 0 aliphatic carbocycles. The van der Waals surface area contributed by atoms with Crippen LogP contribution in [0.1, 0.15) is 96.8 Å². The van der Waals surface area contributed by atoms with Crippen LogP contribution >= 0.6 is 0 Å². The van der Waals surface area contributed by atoms with E-state index in [1.54, 1.807) is 0 Å². The van der Waals surface area contributed by atoms with Gasteiger partial charge in [-0.25, -0.2) is 48.7 Å². The number of rotatable bonds is 24. The zero-order valence-corrected chi connectivity index (χ0v) is 22.0. The zero-order chi connectivity index (χ0) is 28.3. The molecule has 12 heteroatoms. The largest absolute Gasteiger partial charge is 0.237 e. The maximum atomic E-state index is 11.2. The molecular formula is C26H36N6O6. The van der Waals surface area contributed by atoms with Crippen molar-refractivity contribution in [3.8, 4) is 0 Å². The maximum absolute atomic E-state index is 11.2. The Morgan fingerprint density at radius 3 is 1.61 bits per heavy atom. The summed E-state index contributed by atoms with van der Waals surface area (Å²) in [5, 5.41) is 0. The van der Waals surface area contributed by atoms with Crippen molar-refractivity contribution in [3.05, 3.63) is 0 Å². The van der Waals surface area contributed by atoms with Crippen LogP contribution in [-0.4, -0.2) is 66.8 Å². The lowest BCUT2D eigenvalue weighted by Gasteiger charge is -2.24. The number of unbranched alkanes of at least 4 members (excludes halogenated alkanes) is 6. The highest BCUT2D eigenvalue weighted by atomic mass is 16.1. The van der Waals surface area contributed by atoms with Crippen LogP contribution in [-0.2, 0) is 28.8 Å². The molecule has 0 N–H and O–H groups in total. The molecule has 0 radical (unpaired) electrons. The molecule has 0 aliphatic heterocycles. The zero-order valence-electron chi connectivity index (χ0n) is 22.0. The Balaban J connectivity index is 5.40. The predicted molar refractivity (Wildman–Crippen MR) is 138 cm³/mol. The fourth-order valence-corrected chi connectivity index (χ4v) is 4.28. The number of aliphatic imine (C=N–C) groups is 6. The lowest BCUT2D eigenvalue weighted by Crippen LogP contribution is -2.27. The summed E-state index contributed by atoms with van der Waals surface area (Å²) in [6, 6.07) is -1.92. The number of nitrogens with zero attached hydrogens (tertiary/aromatic N) is 6. The molecule has 3 unspecified atom stereocenters. The summed E-state index contributed by atoms with van der Waals surface area (Å²) < 4.78 is 0. The van der Waals surface area contributed by atoms with Crippen molar-refractivity contribution in [2.45, 2.75) is 121 Å². The quantitative estimate of drug-likeness (QED) is 0.102. The second kappa shape index (κ2) is 23.7. The minimum absolute atomic E-state index is 0.111. The smallest absolute Gasteiger partial charge is 0.211 e. The van der Waals surface area contributed by atoms with Gasteiger partial charge in [-0.1, -0.05) is 45.4 Å². The predicted octanol–water partition coefficient (Wildman–Crippen LogP) is 4.28. The van der Waals surface area contributed by atoms with Gasteiger partial charge in [0.2, 0.25) is 36.5 Å². The molecule has 12 nitrogen and oxygen atoms in total. The fraction of sp³-hybridized carbons (Fsp3) is 0.769. The van der Waals surface area contributed by atoms with E-state index in [1.807, 2.05) is 0 Å². The minimum Gasteiger partial charge on any atom is -0.211 e. The molecule has 0 aromatic rings. The Hall–Kier alpha value is -3.72. The lowest BCUT2D eigenvalue weighted by atomic mass is 9.91. The van der Waals surface area contributed by atoms with Crippen LogP contribution in [0.3, 0.4) is 0 Å². The third-order valence-electron chi connectivity index (χ3n) is 6.23. The van der Waals surface area contributed by atoms with Gasteiger partial charge >= 0.3 is 0 Å². The molecule has 0 rings (SSSR count). The van der Waals surface area contributed by atoms with Gasteiger partial charge in [0.05, 0.1) is 24.7 Å². The molecule has 0 aliphatic rings. The summed E-state index contributed by atoms with van der Waals surface area (Å²) in [5.74, 6) is 0. The first-order valence-corrected chi connectivity index (χ1v) is 13.0. The summed E-state index contributed by atoms with van der Waals surface area (Å²) in [5.41, 5.74) is -1.36. The summed E-state index contributed by atoms with van der Waals surface area (Å²) in [7, 11) is 0. The van der Waals surface area contributed by atoms with Crippen molar-refractivity contribution in [1.29, 1.82) is 0 Å². The summed E-state index contributed by atoms with van der Waals surface area (Å²) >= 11 is 0. The molecule has 206 valence electrons. The van der Waals surface area contributed by atoms with Crippen LogP contribution < -0.4 is 0 Å². The Morgan fingerprint density at radius 1 is 0.553 bits per heavy atom. The maximum Gasteiger partial charge on any atom is 0.237 e. The molecule has 0 aromatic heterocycles. The van der Waals surface area contributed by atoms with E-state index in [9.17, 15) is 28.8 Å². The monoisotopic (exact) mass is 528 g/mol. The van der Waals surface area contributed by atoms with Crippen LogP contribution in [0.15, 0.2) is 30.0 Å². The van der Waals surface area contributed by atoms with Gasteiger partial charge in [0.1, 0.15) is 0 Å². The average Bonchev–Trinajstić information content (AvgIpc) is 2.90. The van der Waals surface area contributed by atoms with Gasteiger partial charge < -0.3 is 0 Å². The van der Waals surface area contributed by atoms with E-state index in [2.05, 4.69) is 36.9 Å². The Morgan fingerprint density at radius 2 is 1.08 bits per heavy atom. The molecule has 0 aromatic carbocycles. The van der Waals surface area contributed by atoms with E-state index in [-0.39, 0.29) is 32.2 Å². The topological polar surface area (TPSA) is 177 Å². The molecule has 0 spiro atoms. The molecule has 0 bridgehead atoms. The normalized spacial score (nSPS) is 13.8. The molecule has 0 saturated heterocycles. The first-order valence-electron chi connectivity index (χ1n) is 13.0. The Labute approximate surface area is 222 Å². The fourth-order valence-electron chi connectivity index (χ4n) is 4.28. The first kappa shape index (κ1) is 34.3. The van der Waals surface area contributed by atoms with E-state index in [0.717, 1.165) is 32.1 Å². The minimum atomic E-state index is -1.36. The highest BCUT2D eigenvalue weighted by Crippen LogP contribution is 2.30. The van der Waals surface area contributed by atoms with Crippen LogP contribution in [0.25, 0.3) is 0 Å². The molecule has 38 heavy (non-hydrogen) atoms. The first-order chi connectivity index (χ1) is 18.5.